The number of rotatable bonds is 2. The van der Waals surface area contributed by atoms with Gasteiger partial charge in [-0.1, -0.05) is 12.1 Å². The molecule has 1 fully saturated rings. The molecule has 0 aromatic heterocycles. The molecule has 0 saturated carbocycles. The summed E-state index contributed by atoms with van der Waals surface area (Å²) in [7, 11) is 1.74. The molecule has 1 aliphatic rings. The molecule has 1 aromatic carbocycles. The highest BCUT2D eigenvalue weighted by atomic mass is 16.2. The van der Waals surface area contributed by atoms with E-state index in [9.17, 15) is 9.59 Å². The Morgan fingerprint density at radius 2 is 2.00 bits per heavy atom. The quantitative estimate of drug-likeness (QED) is 0.731. The van der Waals surface area contributed by atoms with Crippen LogP contribution in [0, 0.1) is 0 Å². The van der Waals surface area contributed by atoms with Gasteiger partial charge in [0.15, 0.2) is 5.78 Å². The first-order valence-electron chi connectivity index (χ1n) is 5.68. The maximum atomic E-state index is 11.6. The van der Waals surface area contributed by atoms with E-state index in [0.29, 0.717) is 12.0 Å². The van der Waals surface area contributed by atoms with Gasteiger partial charge >= 0.3 is 0 Å². The van der Waals surface area contributed by atoms with E-state index in [1.54, 1.807) is 25.0 Å². The van der Waals surface area contributed by atoms with E-state index in [1.807, 2.05) is 30.1 Å². The van der Waals surface area contributed by atoms with Crippen LogP contribution in [0.3, 0.4) is 0 Å². The predicted octanol–water partition coefficient (Wildman–Crippen LogP) is 1.86. The van der Waals surface area contributed by atoms with Crippen LogP contribution in [0.5, 0.6) is 0 Å². The first-order chi connectivity index (χ1) is 8.02. The summed E-state index contributed by atoms with van der Waals surface area (Å²) in [6.07, 6.45) is 0.489. The second-order valence-corrected chi connectivity index (χ2v) is 4.39. The van der Waals surface area contributed by atoms with E-state index in [-0.39, 0.29) is 17.7 Å². The average molecular weight is 232 g/mol. The highest BCUT2D eigenvalue weighted by molar-refractivity contribution is 6.00. The minimum absolute atomic E-state index is 0.0144. The zero-order chi connectivity index (χ0) is 12.6. The molecule has 0 N–H and O–H groups in total. The Morgan fingerprint density at radius 1 is 1.35 bits per heavy atom. The third-order valence-electron chi connectivity index (χ3n) is 3.10. The van der Waals surface area contributed by atoms with Crippen molar-refractivity contribution in [2.45, 2.75) is 26.3 Å². The summed E-state index contributed by atoms with van der Waals surface area (Å²) in [5.74, 6) is 0.0939. The lowest BCUT2D eigenvalue weighted by atomic mass is 10.1. The van der Waals surface area contributed by atoms with Crippen LogP contribution < -0.4 is 5.01 Å². The summed E-state index contributed by atoms with van der Waals surface area (Å²) < 4.78 is 0. The molecule has 1 saturated heterocycles. The van der Waals surface area contributed by atoms with Crippen LogP contribution in [-0.2, 0) is 4.79 Å². The fourth-order valence-electron chi connectivity index (χ4n) is 2.26. The highest BCUT2D eigenvalue weighted by Crippen LogP contribution is 2.29. The number of hydrogen-bond acceptors (Lipinski definition) is 3. The number of anilines is 1. The fraction of sp³-hybridized carbons (Fsp3) is 0.385. The SMILES string of the molecule is CC(=O)c1ccccc1N1C(C)CC(=O)N1C. The van der Waals surface area contributed by atoms with Crippen LogP contribution in [0.15, 0.2) is 24.3 Å². The van der Waals surface area contributed by atoms with Gasteiger partial charge in [-0.25, -0.2) is 0 Å². The highest BCUT2D eigenvalue weighted by Gasteiger charge is 2.33. The Labute approximate surface area is 101 Å². The fourth-order valence-corrected chi connectivity index (χ4v) is 2.26. The van der Waals surface area contributed by atoms with Crippen molar-refractivity contribution in [2.75, 3.05) is 12.1 Å². The Balaban J connectivity index is 2.47. The van der Waals surface area contributed by atoms with Gasteiger partial charge in [-0.15, -0.1) is 0 Å². The van der Waals surface area contributed by atoms with Crippen molar-refractivity contribution in [2.24, 2.45) is 0 Å². The molecule has 1 amide bonds. The van der Waals surface area contributed by atoms with E-state index in [1.165, 1.54) is 0 Å². The second-order valence-electron chi connectivity index (χ2n) is 4.39. The van der Waals surface area contributed by atoms with Gasteiger partial charge in [0.2, 0.25) is 5.91 Å². The molecule has 0 aliphatic carbocycles. The zero-order valence-electron chi connectivity index (χ0n) is 10.3. The lowest BCUT2D eigenvalue weighted by Crippen LogP contribution is -2.39. The van der Waals surface area contributed by atoms with Crippen LogP contribution in [0.4, 0.5) is 5.69 Å². The predicted molar refractivity (Wildman–Crippen MR) is 65.8 cm³/mol. The lowest BCUT2D eigenvalue weighted by Gasteiger charge is -2.31. The molecule has 2 rings (SSSR count). The topological polar surface area (TPSA) is 40.6 Å². The number of carbonyl (C=O) groups excluding carboxylic acids is 2. The maximum absolute atomic E-state index is 11.6. The summed E-state index contributed by atoms with van der Waals surface area (Å²) in [4.78, 5) is 23.2. The molecule has 1 heterocycles. The molecule has 1 aliphatic heterocycles. The first kappa shape index (κ1) is 11.6. The molecule has 1 atom stereocenters. The van der Waals surface area contributed by atoms with Gasteiger partial charge in [0.1, 0.15) is 0 Å². The molecule has 0 bridgehead atoms. The van der Waals surface area contributed by atoms with E-state index < -0.39 is 0 Å². The molecule has 1 unspecified atom stereocenters. The van der Waals surface area contributed by atoms with Gasteiger partial charge in [-0.3, -0.25) is 19.6 Å². The van der Waals surface area contributed by atoms with E-state index in [4.69, 9.17) is 0 Å². The third-order valence-corrected chi connectivity index (χ3v) is 3.10. The Morgan fingerprint density at radius 3 is 2.53 bits per heavy atom. The Kier molecular flexibility index (Phi) is 2.88. The van der Waals surface area contributed by atoms with Gasteiger partial charge in [0.05, 0.1) is 18.2 Å². The van der Waals surface area contributed by atoms with Gasteiger partial charge < -0.3 is 0 Å². The lowest BCUT2D eigenvalue weighted by molar-refractivity contribution is -0.126. The average Bonchev–Trinajstić information content (AvgIpc) is 2.53. The monoisotopic (exact) mass is 232 g/mol. The summed E-state index contributed by atoms with van der Waals surface area (Å²) in [5, 5.41) is 3.48. The number of benzene rings is 1. The van der Waals surface area contributed by atoms with Crippen LogP contribution >= 0.6 is 0 Å². The third kappa shape index (κ3) is 1.90. The van der Waals surface area contributed by atoms with Crippen molar-refractivity contribution >= 4 is 17.4 Å². The second kappa shape index (κ2) is 4.20. The van der Waals surface area contributed by atoms with Crippen LogP contribution in [0.1, 0.15) is 30.6 Å². The van der Waals surface area contributed by atoms with Crippen molar-refractivity contribution < 1.29 is 9.59 Å². The molecule has 4 nitrogen and oxygen atoms in total. The van der Waals surface area contributed by atoms with Gasteiger partial charge in [0.25, 0.3) is 0 Å². The van der Waals surface area contributed by atoms with Gasteiger partial charge in [0, 0.05) is 12.6 Å². The van der Waals surface area contributed by atoms with Crippen molar-refractivity contribution in [3.05, 3.63) is 29.8 Å². The maximum Gasteiger partial charge on any atom is 0.242 e. The molecule has 4 heteroatoms. The molecule has 90 valence electrons. The molecular weight excluding hydrogens is 216 g/mol. The molecule has 0 spiro atoms. The summed E-state index contributed by atoms with van der Waals surface area (Å²) >= 11 is 0. The summed E-state index contributed by atoms with van der Waals surface area (Å²) in [5.41, 5.74) is 1.46. The number of Topliss-reactive ketones (excluding diaryl/α,β-unsaturated/α-hetero) is 1. The van der Waals surface area contributed by atoms with Crippen molar-refractivity contribution in [3.63, 3.8) is 0 Å². The Hall–Kier alpha value is -1.84. The number of ketones is 1. The number of para-hydroxylation sites is 1. The summed E-state index contributed by atoms with van der Waals surface area (Å²) in [6, 6.07) is 7.48. The number of nitrogens with zero attached hydrogens (tertiary/aromatic N) is 2. The van der Waals surface area contributed by atoms with E-state index in [2.05, 4.69) is 0 Å². The van der Waals surface area contributed by atoms with E-state index in [0.717, 1.165) is 5.69 Å². The number of hydrazine groups is 1. The van der Waals surface area contributed by atoms with Crippen molar-refractivity contribution in [1.29, 1.82) is 0 Å². The van der Waals surface area contributed by atoms with Crippen LogP contribution in [-0.4, -0.2) is 29.8 Å². The normalized spacial score (nSPS) is 19.9. The van der Waals surface area contributed by atoms with Crippen LogP contribution in [0.25, 0.3) is 0 Å². The molecular formula is C13H16N2O2. The first-order valence-corrected chi connectivity index (χ1v) is 5.68. The number of amides is 1. The van der Waals surface area contributed by atoms with Gasteiger partial charge in [-0.2, -0.15) is 0 Å². The standard InChI is InChI=1S/C13H16N2O2/c1-9-8-13(17)14(3)15(9)12-7-5-4-6-11(12)10(2)16/h4-7,9H,8H2,1-3H3. The number of carbonyl (C=O) groups is 2. The van der Waals surface area contributed by atoms with Crippen molar-refractivity contribution in [3.8, 4) is 0 Å². The largest absolute Gasteiger partial charge is 0.294 e. The van der Waals surface area contributed by atoms with E-state index >= 15 is 0 Å². The smallest absolute Gasteiger partial charge is 0.242 e. The molecule has 17 heavy (non-hydrogen) atoms. The van der Waals surface area contributed by atoms with Crippen molar-refractivity contribution in [1.82, 2.24) is 5.01 Å². The van der Waals surface area contributed by atoms with Gasteiger partial charge in [-0.05, 0) is 26.0 Å². The van der Waals surface area contributed by atoms with Crippen LogP contribution in [0.2, 0.25) is 0 Å². The molecule has 0 radical (unpaired) electrons. The summed E-state index contributed by atoms with van der Waals surface area (Å²) in [6.45, 7) is 3.53. The zero-order valence-corrected chi connectivity index (χ0v) is 10.3. The Bertz CT molecular complexity index is 470. The minimum Gasteiger partial charge on any atom is -0.294 e. The minimum atomic E-state index is 0.0144. The molecule has 1 aromatic rings. The number of hydrogen-bond donors (Lipinski definition) is 0.